The number of sulfonamides is 1. The summed E-state index contributed by atoms with van der Waals surface area (Å²) in [6.45, 7) is 6.78. The van der Waals surface area contributed by atoms with E-state index in [1.165, 1.54) is 10.6 Å². The molecule has 0 rings (SSSR count). The van der Waals surface area contributed by atoms with Gasteiger partial charge in [-0.2, -0.15) is 0 Å². The SMILES string of the molecule is CCN(CCCNC(C(=O)O)C(C)C)S(C)(=O)=O. The van der Waals surface area contributed by atoms with E-state index < -0.39 is 22.0 Å². The van der Waals surface area contributed by atoms with E-state index in [9.17, 15) is 13.2 Å². The van der Waals surface area contributed by atoms with Crippen molar-refractivity contribution in [1.82, 2.24) is 9.62 Å². The molecule has 1 unspecified atom stereocenters. The van der Waals surface area contributed by atoms with Crippen molar-refractivity contribution >= 4 is 16.0 Å². The number of nitrogens with one attached hydrogen (secondary N) is 1. The molecule has 0 radical (unpaired) electrons. The molecule has 0 aliphatic heterocycles. The Morgan fingerprint density at radius 2 is 1.94 bits per heavy atom. The zero-order valence-corrected chi connectivity index (χ0v) is 12.3. The molecular weight excluding hydrogens is 256 g/mol. The number of hydrogen-bond acceptors (Lipinski definition) is 4. The molecule has 18 heavy (non-hydrogen) atoms. The third-order valence-corrected chi connectivity index (χ3v) is 4.08. The van der Waals surface area contributed by atoms with E-state index in [-0.39, 0.29) is 5.92 Å². The summed E-state index contributed by atoms with van der Waals surface area (Å²) in [4.78, 5) is 10.9. The molecule has 0 saturated heterocycles. The maximum Gasteiger partial charge on any atom is 0.320 e. The topological polar surface area (TPSA) is 86.7 Å². The lowest BCUT2D eigenvalue weighted by molar-refractivity contribution is -0.140. The first kappa shape index (κ1) is 17.3. The van der Waals surface area contributed by atoms with E-state index in [0.29, 0.717) is 26.1 Å². The number of rotatable bonds is 9. The van der Waals surface area contributed by atoms with Gasteiger partial charge in [0.1, 0.15) is 6.04 Å². The third-order valence-electron chi connectivity index (χ3n) is 2.70. The summed E-state index contributed by atoms with van der Waals surface area (Å²) in [6.07, 6.45) is 1.77. The van der Waals surface area contributed by atoms with Gasteiger partial charge in [-0.1, -0.05) is 20.8 Å². The van der Waals surface area contributed by atoms with Crippen LogP contribution in [0.25, 0.3) is 0 Å². The Morgan fingerprint density at radius 3 is 2.28 bits per heavy atom. The molecule has 0 amide bonds. The number of carboxylic acid groups (broad SMARTS) is 1. The van der Waals surface area contributed by atoms with Crippen LogP contribution in [0.5, 0.6) is 0 Å². The van der Waals surface area contributed by atoms with Gasteiger partial charge in [-0.05, 0) is 18.9 Å². The summed E-state index contributed by atoms with van der Waals surface area (Å²) in [5.74, 6) is -0.875. The van der Waals surface area contributed by atoms with Gasteiger partial charge >= 0.3 is 5.97 Å². The summed E-state index contributed by atoms with van der Waals surface area (Å²) in [7, 11) is -3.16. The van der Waals surface area contributed by atoms with E-state index in [1.807, 2.05) is 13.8 Å². The Morgan fingerprint density at radius 1 is 1.39 bits per heavy atom. The minimum atomic E-state index is -3.16. The molecule has 2 N–H and O–H groups in total. The molecule has 7 heteroatoms. The van der Waals surface area contributed by atoms with Crippen molar-refractivity contribution < 1.29 is 18.3 Å². The molecule has 6 nitrogen and oxygen atoms in total. The van der Waals surface area contributed by atoms with Crippen LogP contribution in [0, 0.1) is 5.92 Å². The summed E-state index contributed by atoms with van der Waals surface area (Å²) in [5, 5.41) is 11.9. The number of carboxylic acids is 1. The normalized spacial score (nSPS) is 14.1. The van der Waals surface area contributed by atoms with Crippen LogP contribution in [0.3, 0.4) is 0 Å². The average molecular weight is 280 g/mol. The second-order valence-corrected chi connectivity index (χ2v) is 6.60. The van der Waals surface area contributed by atoms with E-state index in [4.69, 9.17) is 5.11 Å². The van der Waals surface area contributed by atoms with E-state index in [2.05, 4.69) is 5.32 Å². The molecule has 0 fully saturated rings. The van der Waals surface area contributed by atoms with Gasteiger partial charge in [-0.15, -0.1) is 0 Å². The highest BCUT2D eigenvalue weighted by molar-refractivity contribution is 7.88. The van der Waals surface area contributed by atoms with Gasteiger partial charge in [0.15, 0.2) is 0 Å². The zero-order chi connectivity index (χ0) is 14.3. The van der Waals surface area contributed by atoms with Gasteiger partial charge < -0.3 is 10.4 Å². The van der Waals surface area contributed by atoms with Crippen LogP contribution in [0.2, 0.25) is 0 Å². The molecule has 0 aromatic carbocycles. The summed E-state index contributed by atoms with van der Waals surface area (Å²) in [6, 6.07) is -0.585. The predicted octanol–water partition coefficient (Wildman–Crippen LogP) is 0.357. The molecule has 0 heterocycles. The highest BCUT2D eigenvalue weighted by Crippen LogP contribution is 2.02. The van der Waals surface area contributed by atoms with Crippen LogP contribution in [0.1, 0.15) is 27.2 Å². The van der Waals surface area contributed by atoms with E-state index in [0.717, 1.165) is 0 Å². The first-order valence-electron chi connectivity index (χ1n) is 6.11. The number of aliphatic carboxylic acids is 1. The van der Waals surface area contributed by atoms with Gasteiger partial charge in [0.2, 0.25) is 10.0 Å². The molecule has 0 aromatic heterocycles. The van der Waals surface area contributed by atoms with Crippen molar-refractivity contribution in [3.63, 3.8) is 0 Å². The highest BCUT2D eigenvalue weighted by atomic mass is 32.2. The first-order valence-corrected chi connectivity index (χ1v) is 7.96. The number of carbonyl (C=O) groups is 1. The maximum absolute atomic E-state index is 11.3. The summed E-state index contributed by atoms with van der Waals surface area (Å²) < 4.78 is 24.0. The number of nitrogens with zero attached hydrogens (tertiary/aromatic N) is 1. The van der Waals surface area contributed by atoms with Crippen molar-refractivity contribution in [1.29, 1.82) is 0 Å². The minimum absolute atomic E-state index is 0.000291. The molecule has 0 spiro atoms. The van der Waals surface area contributed by atoms with Gasteiger partial charge in [0, 0.05) is 13.1 Å². The van der Waals surface area contributed by atoms with Crippen LogP contribution >= 0.6 is 0 Å². The van der Waals surface area contributed by atoms with Crippen LogP contribution in [0.15, 0.2) is 0 Å². The molecule has 0 saturated carbocycles. The summed E-state index contributed by atoms with van der Waals surface area (Å²) >= 11 is 0. The molecule has 0 bridgehead atoms. The Kier molecular flexibility index (Phi) is 7.42. The molecule has 1 atom stereocenters. The zero-order valence-electron chi connectivity index (χ0n) is 11.5. The average Bonchev–Trinajstić information content (AvgIpc) is 2.20. The molecule has 0 aromatic rings. The Labute approximate surface area is 109 Å². The standard InChI is InChI=1S/C11H24N2O4S/c1-5-13(18(4,16)17)8-6-7-12-10(9(2)3)11(14)15/h9-10,12H,5-8H2,1-4H3,(H,14,15). The fraction of sp³-hybridized carbons (Fsp3) is 0.909. The fourth-order valence-corrected chi connectivity index (χ4v) is 2.61. The van der Waals surface area contributed by atoms with Crippen LogP contribution in [-0.2, 0) is 14.8 Å². The van der Waals surface area contributed by atoms with Crippen LogP contribution < -0.4 is 5.32 Å². The largest absolute Gasteiger partial charge is 0.480 e. The lowest BCUT2D eigenvalue weighted by Gasteiger charge is -2.20. The smallest absolute Gasteiger partial charge is 0.320 e. The second-order valence-electron chi connectivity index (χ2n) is 4.62. The lowest BCUT2D eigenvalue weighted by atomic mass is 10.0. The monoisotopic (exact) mass is 280 g/mol. The molecule has 108 valence electrons. The van der Waals surface area contributed by atoms with Crippen molar-refractivity contribution in [2.24, 2.45) is 5.92 Å². The third kappa shape index (κ3) is 6.32. The Balaban J connectivity index is 4.09. The Hall–Kier alpha value is -0.660. The van der Waals surface area contributed by atoms with E-state index in [1.54, 1.807) is 6.92 Å². The van der Waals surface area contributed by atoms with Gasteiger partial charge in [0.05, 0.1) is 6.26 Å². The quantitative estimate of drug-likeness (QED) is 0.595. The van der Waals surface area contributed by atoms with Crippen molar-refractivity contribution in [3.05, 3.63) is 0 Å². The minimum Gasteiger partial charge on any atom is -0.480 e. The second kappa shape index (κ2) is 7.70. The lowest BCUT2D eigenvalue weighted by Crippen LogP contribution is -2.42. The van der Waals surface area contributed by atoms with Crippen molar-refractivity contribution in [2.45, 2.75) is 33.2 Å². The van der Waals surface area contributed by atoms with Crippen molar-refractivity contribution in [2.75, 3.05) is 25.9 Å². The predicted molar refractivity (Wildman–Crippen MR) is 71.0 cm³/mol. The maximum atomic E-state index is 11.3. The van der Waals surface area contributed by atoms with E-state index >= 15 is 0 Å². The highest BCUT2D eigenvalue weighted by Gasteiger charge is 2.20. The summed E-state index contributed by atoms with van der Waals surface area (Å²) in [5.41, 5.74) is 0. The fourth-order valence-electron chi connectivity index (χ4n) is 1.68. The number of hydrogen-bond donors (Lipinski definition) is 2. The molecule has 0 aliphatic carbocycles. The first-order chi connectivity index (χ1) is 8.20. The molecule has 0 aliphatic rings. The van der Waals surface area contributed by atoms with Crippen LogP contribution in [0.4, 0.5) is 0 Å². The van der Waals surface area contributed by atoms with Crippen molar-refractivity contribution in [3.8, 4) is 0 Å². The van der Waals surface area contributed by atoms with Gasteiger partial charge in [0.25, 0.3) is 0 Å². The molecular formula is C11H24N2O4S. The Bertz CT molecular complexity index is 354. The van der Waals surface area contributed by atoms with Gasteiger partial charge in [-0.3, -0.25) is 4.79 Å². The van der Waals surface area contributed by atoms with Gasteiger partial charge in [-0.25, -0.2) is 12.7 Å². The van der Waals surface area contributed by atoms with Crippen LogP contribution in [-0.4, -0.2) is 55.7 Å².